The van der Waals surface area contributed by atoms with E-state index in [1.807, 2.05) is 27.9 Å². The van der Waals surface area contributed by atoms with Gasteiger partial charge in [-0.25, -0.2) is 0 Å². The van der Waals surface area contributed by atoms with E-state index in [2.05, 4.69) is 15.4 Å². The summed E-state index contributed by atoms with van der Waals surface area (Å²) in [6.45, 7) is 4.48. The molecule has 0 aliphatic heterocycles. The number of rotatable bonds is 4. The lowest BCUT2D eigenvalue weighted by Gasteiger charge is -2.00. The van der Waals surface area contributed by atoms with Gasteiger partial charge in [0.05, 0.1) is 11.4 Å². The molecule has 0 bridgehead atoms. The monoisotopic (exact) mass is 236 g/mol. The van der Waals surface area contributed by atoms with Gasteiger partial charge in [-0.3, -0.25) is 4.68 Å². The third kappa shape index (κ3) is 2.31. The number of nitrogens with zero attached hydrogens (tertiary/aromatic N) is 3. The van der Waals surface area contributed by atoms with E-state index in [0.717, 1.165) is 17.1 Å². The molecule has 0 aliphatic rings. The summed E-state index contributed by atoms with van der Waals surface area (Å²) >= 11 is 0. The van der Waals surface area contributed by atoms with Gasteiger partial charge in [0.15, 0.2) is 5.75 Å². The zero-order valence-electron chi connectivity index (χ0n) is 10.4. The van der Waals surface area contributed by atoms with Crippen molar-refractivity contribution in [3.63, 3.8) is 0 Å². The zero-order chi connectivity index (χ0) is 12.4. The molecule has 92 valence electrons. The van der Waals surface area contributed by atoms with Crippen LogP contribution in [-0.2, 0) is 13.6 Å². The third-order valence-electron chi connectivity index (χ3n) is 2.52. The Balaban J connectivity index is 2.19. The molecule has 0 saturated heterocycles. The summed E-state index contributed by atoms with van der Waals surface area (Å²) in [5.74, 6) is 0.699. The van der Waals surface area contributed by atoms with E-state index < -0.39 is 0 Å². The van der Waals surface area contributed by atoms with Gasteiger partial charge >= 0.3 is 6.08 Å². The van der Waals surface area contributed by atoms with Crippen LogP contribution in [0.4, 0.5) is 0 Å². The van der Waals surface area contributed by atoms with E-state index in [1.165, 1.54) is 0 Å². The predicted molar refractivity (Wildman–Crippen MR) is 62.0 cm³/mol. The fourth-order valence-corrected chi connectivity index (χ4v) is 1.59. The lowest BCUT2D eigenvalue weighted by molar-refractivity contribution is 0.327. The molecule has 2 rings (SSSR count). The Morgan fingerprint density at radius 3 is 2.82 bits per heavy atom. The largest absolute Gasteiger partial charge is 0.417 e. The first-order chi connectivity index (χ1) is 8.11. The smallest absolute Gasteiger partial charge is 0.399 e. The maximum Gasteiger partial charge on any atom is 0.399 e. The SMILES string of the molecule is CNCc1coc(Oc2c(C)nn(C)c2C)n1. The van der Waals surface area contributed by atoms with Gasteiger partial charge in [0.2, 0.25) is 0 Å². The number of oxazole rings is 1. The minimum absolute atomic E-state index is 0.245. The van der Waals surface area contributed by atoms with Crippen molar-refractivity contribution in [1.82, 2.24) is 20.1 Å². The van der Waals surface area contributed by atoms with E-state index in [-0.39, 0.29) is 6.08 Å². The van der Waals surface area contributed by atoms with Gasteiger partial charge in [-0.05, 0) is 20.9 Å². The van der Waals surface area contributed by atoms with Crippen molar-refractivity contribution in [1.29, 1.82) is 0 Å². The van der Waals surface area contributed by atoms with Gasteiger partial charge < -0.3 is 14.5 Å². The average Bonchev–Trinajstić information content (AvgIpc) is 2.81. The second kappa shape index (κ2) is 4.58. The van der Waals surface area contributed by atoms with Crippen LogP contribution in [0, 0.1) is 13.8 Å². The van der Waals surface area contributed by atoms with Crippen molar-refractivity contribution >= 4 is 0 Å². The van der Waals surface area contributed by atoms with Gasteiger partial charge in [0, 0.05) is 13.6 Å². The quantitative estimate of drug-likeness (QED) is 0.872. The van der Waals surface area contributed by atoms with Crippen LogP contribution < -0.4 is 10.1 Å². The molecule has 2 aromatic rings. The summed E-state index contributed by atoms with van der Waals surface area (Å²) in [6.07, 6.45) is 1.82. The second-order valence-electron chi connectivity index (χ2n) is 3.86. The Labute approximate surface area is 99.6 Å². The molecule has 0 spiro atoms. The second-order valence-corrected chi connectivity index (χ2v) is 3.86. The van der Waals surface area contributed by atoms with Crippen LogP contribution in [0.15, 0.2) is 10.7 Å². The average molecular weight is 236 g/mol. The van der Waals surface area contributed by atoms with Crippen molar-refractivity contribution < 1.29 is 9.15 Å². The van der Waals surface area contributed by atoms with E-state index in [4.69, 9.17) is 9.15 Å². The Hall–Kier alpha value is -1.82. The summed E-state index contributed by atoms with van der Waals surface area (Å²) in [6, 6.07) is 0. The van der Waals surface area contributed by atoms with Gasteiger partial charge in [0.25, 0.3) is 0 Å². The van der Waals surface area contributed by atoms with Crippen molar-refractivity contribution in [2.24, 2.45) is 7.05 Å². The summed E-state index contributed by atoms with van der Waals surface area (Å²) in [5.41, 5.74) is 2.57. The van der Waals surface area contributed by atoms with Crippen LogP contribution >= 0.6 is 0 Å². The Morgan fingerprint density at radius 1 is 1.47 bits per heavy atom. The molecule has 2 aromatic heterocycles. The number of hydrogen-bond acceptors (Lipinski definition) is 5. The van der Waals surface area contributed by atoms with Crippen LogP contribution in [0.2, 0.25) is 0 Å². The highest BCUT2D eigenvalue weighted by Gasteiger charge is 2.14. The molecule has 0 atom stereocenters. The number of hydrogen-bond donors (Lipinski definition) is 1. The molecular weight excluding hydrogens is 220 g/mol. The molecule has 2 heterocycles. The van der Waals surface area contributed by atoms with Crippen LogP contribution in [0.3, 0.4) is 0 Å². The molecule has 0 unspecified atom stereocenters. The minimum Gasteiger partial charge on any atom is -0.417 e. The van der Waals surface area contributed by atoms with E-state index in [1.54, 1.807) is 10.9 Å². The van der Waals surface area contributed by atoms with Crippen LogP contribution in [-0.4, -0.2) is 21.8 Å². The van der Waals surface area contributed by atoms with Gasteiger partial charge in [-0.15, -0.1) is 0 Å². The molecule has 0 aromatic carbocycles. The lowest BCUT2D eigenvalue weighted by Crippen LogP contribution is -2.04. The van der Waals surface area contributed by atoms with E-state index in [9.17, 15) is 0 Å². The summed E-state index contributed by atoms with van der Waals surface area (Å²) in [5, 5.41) is 7.25. The first-order valence-corrected chi connectivity index (χ1v) is 5.39. The first-order valence-electron chi connectivity index (χ1n) is 5.39. The number of aryl methyl sites for hydroxylation is 2. The Morgan fingerprint density at radius 2 is 2.24 bits per heavy atom. The fourth-order valence-electron chi connectivity index (χ4n) is 1.59. The molecular formula is C11H16N4O2. The molecule has 0 aliphatic carbocycles. The van der Waals surface area contributed by atoms with Crippen molar-refractivity contribution in [2.75, 3.05) is 7.05 Å². The molecule has 6 heteroatoms. The van der Waals surface area contributed by atoms with Gasteiger partial charge in [0.1, 0.15) is 12.0 Å². The summed E-state index contributed by atoms with van der Waals surface area (Å²) in [7, 11) is 3.72. The predicted octanol–water partition coefficient (Wildman–Crippen LogP) is 1.54. The first kappa shape index (κ1) is 11.7. The van der Waals surface area contributed by atoms with E-state index in [0.29, 0.717) is 12.3 Å². The Kier molecular flexibility index (Phi) is 3.14. The number of nitrogens with one attached hydrogen (secondary N) is 1. The maximum absolute atomic E-state index is 5.60. The fraction of sp³-hybridized carbons (Fsp3) is 0.455. The topological polar surface area (TPSA) is 65.1 Å². The van der Waals surface area contributed by atoms with Crippen LogP contribution in [0.1, 0.15) is 17.1 Å². The molecule has 0 radical (unpaired) electrons. The van der Waals surface area contributed by atoms with Gasteiger partial charge in [-0.1, -0.05) is 0 Å². The molecule has 17 heavy (non-hydrogen) atoms. The van der Waals surface area contributed by atoms with Gasteiger partial charge in [-0.2, -0.15) is 10.1 Å². The van der Waals surface area contributed by atoms with Crippen molar-refractivity contribution in [2.45, 2.75) is 20.4 Å². The number of aromatic nitrogens is 3. The minimum atomic E-state index is 0.245. The number of ether oxygens (including phenoxy) is 1. The molecule has 1 N–H and O–H groups in total. The maximum atomic E-state index is 5.60. The third-order valence-corrected chi connectivity index (χ3v) is 2.52. The normalized spacial score (nSPS) is 10.8. The standard InChI is InChI=1S/C11H16N4O2/c1-7-10(8(2)15(4)14-7)17-11-13-9(5-12-3)6-16-11/h6,12H,5H2,1-4H3. The highest BCUT2D eigenvalue weighted by atomic mass is 16.6. The Bertz CT molecular complexity index is 516. The highest BCUT2D eigenvalue weighted by Crippen LogP contribution is 2.27. The van der Waals surface area contributed by atoms with Crippen molar-refractivity contribution in [3.8, 4) is 11.8 Å². The van der Waals surface area contributed by atoms with Crippen molar-refractivity contribution in [3.05, 3.63) is 23.3 Å². The van der Waals surface area contributed by atoms with Crippen LogP contribution in [0.25, 0.3) is 0 Å². The highest BCUT2D eigenvalue weighted by molar-refractivity contribution is 5.33. The molecule has 6 nitrogen and oxygen atoms in total. The van der Waals surface area contributed by atoms with E-state index >= 15 is 0 Å². The zero-order valence-corrected chi connectivity index (χ0v) is 10.4. The summed E-state index contributed by atoms with van der Waals surface area (Å²) < 4.78 is 12.6. The lowest BCUT2D eigenvalue weighted by atomic mass is 10.3. The molecule has 0 fully saturated rings. The molecule has 0 amide bonds. The summed E-state index contributed by atoms with van der Waals surface area (Å²) in [4.78, 5) is 4.20. The molecule has 0 saturated carbocycles. The van der Waals surface area contributed by atoms with Crippen LogP contribution in [0.5, 0.6) is 11.8 Å².